The minimum absolute atomic E-state index is 0.0298. The molecule has 0 fully saturated rings. The number of carbonyl (C=O) groups excluding carboxylic acids is 1. The topological polar surface area (TPSA) is 86.2 Å². The smallest absolute Gasteiger partial charge is 0.358 e. The number of amides is 1. The highest BCUT2D eigenvalue weighted by Crippen LogP contribution is 2.20. The van der Waals surface area contributed by atoms with Gasteiger partial charge in [-0.1, -0.05) is 11.6 Å². The van der Waals surface area contributed by atoms with Crippen molar-refractivity contribution in [2.24, 2.45) is 0 Å². The van der Waals surface area contributed by atoms with E-state index in [2.05, 4.69) is 10.3 Å². The van der Waals surface area contributed by atoms with Gasteiger partial charge in [0, 0.05) is 29.7 Å². The molecule has 0 aliphatic heterocycles. The van der Waals surface area contributed by atoms with Gasteiger partial charge in [0.1, 0.15) is 16.2 Å². The zero-order valence-electron chi connectivity index (χ0n) is 14.0. The number of pyridine rings is 1. The third-order valence-corrected chi connectivity index (χ3v) is 4.98. The summed E-state index contributed by atoms with van der Waals surface area (Å²) < 4.78 is 49.0. The number of allylic oxidation sites excluding steroid dienone is 1. The van der Waals surface area contributed by atoms with Crippen LogP contribution >= 0.6 is 11.6 Å². The first-order valence-corrected chi connectivity index (χ1v) is 9.19. The van der Waals surface area contributed by atoms with Gasteiger partial charge in [-0.2, -0.15) is 13.2 Å². The summed E-state index contributed by atoms with van der Waals surface area (Å²) in [4.78, 5) is 17.4. The summed E-state index contributed by atoms with van der Waals surface area (Å²) in [5.74, 6) is -2.40. The largest absolute Gasteiger partial charge is 0.400 e. The Morgan fingerprint density at radius 1 is 1.54 bits per heavy atom. The number of alkyl halides is 3. The van der Waals surface area contributed by atoms with Gasteiger partial charge in [-0.25, -0.2) is 0 Å². The van der Waals surface area contributed by atoms with Gasteiger partial charge < -0.3 is 10.2 Å². The molecule has 1 heterocycles. The molecule has 2 atom stereocenters. The summed E-state index contributed by atoms with van der Waals surface area (Å²) in [5, 5.41) is 8.53. The molecular weight excluding hydrogens is 393 g/mol. The molecule has 0 aromatic carbocycles. The van der Waals surface area contributed by atoms with Crippen molar-refractivity contribution in [2.45, 2.75) is 25.3 Å². The van der Waals surface area contributed by atoms with Crippen molar-refractivity contribution in [3.63, 3.8) is 0 Å². The van der Waals surface area contributed by atoms with E-state index in [0.29, 0.717) is 5.69 Å². The third kappa shape index (κ3) is 6.75. The lowest BCUT2D eigenvalue weighted by Gasteiger charge is -2.26. The number of nitrogens with one attached hydrogen (secondary N) is 2. The van der Waals surface area contributed by atoms with Crippen LogP contribution in [0, 0.1) is 5.41 Å². The maximum absolute atomic E-state index is 12.5. The highest BCUT2D eigenvalue weighted by atomic mass is 35.5. The van der Waals surface area contributed by atoms with Gasteiger partial charge in [-0.05, 0) is 26.0 Å². The van der Waals surface area contributed by atoms with Crippen LogP contribution < -0.4 is 5.32 Å². The van der Waals surface area contributed by atoms with Gasteiger partial charge in [-0.3, -0.25) is 19.4 Å². The second-order valence-corrected chi connectivity index (χ2v) is 7.23. The van der Waals surface area contributed by atoms with Gasteiger partial charge in [0.2, 0.25) is 5.91 Å². The number of halogens is 4. The lowest BCUT2D eigenvalue weighted by Crippen LogP contribution is -2.42. The molecule has 1 amide bonds. The summed E-state index contributed by atoms with van der Waals surface area (Å²) in [5.41, 5.74) is 0.499. The summed E-state index contributed by atoms with van der Waals surface area (Å²) in [6, 6.07) is 3.34. The summed E-state index contributed by atoms with van der Waals surface area (Å²) in [6.45, 7) is 2.74. The third-order valence-electron chi connectivity index (χ3n) is 3.18. The molecule has 0 spiro atoms. The van der Waals surface area contributed by atoms with Crippen LogP contribution in [0.15, 0.2) is 36.4 Å². The first kappa shape index (κ1) is 22.1. The molecule has 0 aliphatic carbocycles. The Hall–Kier alpha value is -1.94. The van der Waals surface area contributed by atoms with Crippen LogP contribution in [0.25, 0.3) is 0 Å². The Labute approximate surface area is 156 Å². The molecule has 26 heavy (non-hydrogen) atoms. The molecule has 2 unspecified atom stereocenters. The number of nitrogens with zero attached hydrogens (tertiary/aromatic N) is 2. The molecule has 6 nitrogen and oxygen atoms in total. The van der Waals surface area contributed by atoms with Gasteiger partial charge >= 0.3 is 6.18 Å². The van der Waals surface area contributed by atoms with E-state index in [1.807, 2.05) is 0 Å². The normalized spacial score (nSPS) is 14.5. The van der Waals surface area contributed by atoms with Gasteiger partial charge in [0.05, 0.1) is 17.6 Å². The molecule has 2 N–H and O–H groups in total. The van der Waals surface area contributed by atoms with E-state index in [0.717, 1.165) is 11.8 Å². The van der Waals surface area contributed by atoms with E-state index in [-0.39, 0.29) is 12.2 Å². The lowest BCUT2D eigenvalue weighted by atomic mass is 10.3. The molecule has 1 rings (SSSR count). The molecule has 1 aromatic heterocycles. The van der Waals surface area contributed by atoms with E-state index in [1.165, 1.54) is 12.4 Å². The molecule has 0 radical (unpaired) electrons. The van der Waals surface area contributed by atoms with Crippen LogP contribution in [-0.2, 0) is 15.6 Å². The zero-order chi connectivity index (χ0) is 19.9. The highest BCUT2D eigenvalue weighted by Gasteiger charge is 2.36. The zero-order valence-corrected chi connectivity index (χ0v) is 15.6. The second-order valence-electron chi connectivity index (χ2n) is 5.09. The van der Waals surface area contributed by atoms with E-state index in [1.54, 1.807) is 25.3 Å². The Balaban J connectivity index is 3.01. The Morgan fingerprint density at radius 2 is 2.19 bits per heavy atom. The average molecular weight is 411 g/mol. The predicted molar refractivity (Wildman–Crippen MR) is 95.4 cm³/mol. The number of carbonyl (C=O) groups is 1. The average Bonchev–Trinajstić information content (AvgIpc) is 2.56. The first-order valence-electron chi connectivity index (χ1n) is 7.43. The van der Waals surface area contributed by atoms with Gasteiger partial charge in [-0.15, -0.1) is 0 Å². The fourth-order valence-corrected chi connectivity index (χ4v) is 3.00. The number of aromatic nitrogens is 1. The summed E-state index contributed by atoms with van der Waals surface area (Å²) >= 11 is 5.73. The van der Waals surface area contributed by atoms with Crippen LogP contribution in [0.1, 0.15) is 13.8 Å². The fraction of sp³-hybridized carbons (Fsp3) is 0.400. The van der Waals surface area contributed by atoms with Gasteiger partial charge in [0.15, 0.2) is 0 Å². The van der Waals surface area contributed by atoms with Crippen LogP contribution in [0.2, 0.25) is 0 Å². The van der Waals surface area contributed by atoms with Crippen molar-refractivity contribution in [3.05, 3.63) is 36.4 Å². The molecule has 144 valence electrons. The lowest BCUT2D eigenvalue weighted by molar-refractivity contribution is -0.128. The maximum atomic E-state index is 12.5. The van der Waals surface area contributed by atoms with E-state index in [9.17, 15) is 22.2 Å². The molecular formula is C15H18ClF3N4O2S. The van der Waals surface area contributed by atoms with Crippen molar-refractivity contribution < 1.29 is 22.2 Å². The number of anilines is 1. The Morgan fingerprint density at radius 3 is 2.65 bits per heavy atom. The highest BCUT2D eigenvalue weighted by molar-refractivity contribution is 7.86. The quantitative estimate of drug-likeness (QED) is 0.645. The first-order chi connectivity index (χ1) is 12.1. The van der Waals surface area contributed by atoms with E-state index in [4.69, 9.17) is 17.0 Å². The summed E-state index contributed by atoms with van der Waals surface area (Å²) in [6.07, 6.45) is -0.326. The van der Waals surface area contributed by atoms with Crippen LogP contribution in [-0.4, -0.2) is 48.9 Å². The SMILES string of the molecule is CCN(C(=O)C(C)S(=O)CC(F)(F)F)/C(=C/Nc1cccnc1)C(=N)Cl. The molecule has 1 aromatic rings. The van der Waals surface area contributed by atoms with Crippen molar-refractivity contribution in [3.8, 4) is 0 Å². The second kappa shape index (κ2) is 9.67. The van der Waals surface area contributed by atoms with E-state index < -0.39 is 39.1 Å². The molecule has 0 saturated carbocycles. The number of hydrogen-bond acceptors (Lipinski definition) is 5. The van der Waals surface area contributed by atoms with Crippen LogP contribution in [0.5, 0.6) is 0 Å². The number of hydrogen-bond donors (Lipinski definition) is 2. The van der Waals surface area contributed by atoms with Gasteiger partial charge in [0.25, 0.3) is 0 Å². The van der Waals surface area contributed by atoms with Crippen LogP contribution in [0.4, 0.5) is 18.9 Å². The Bertz CT molecular complexity index is 698. The fourth-order valence-electron chi connectivity index (χ4n) is 1.92. The molecule has 11 heteroatoms. The molecule has 0 saturated heterocycles. The minimum Gasteiger partial charge on any atom is -0.358 e. The molecule has 0 aliphatic rings. The van der Waals surface area contributed by atoms with Crippen molar-refractivity contribution >= 4 is 39.2 Å². The van der Waals surface area contributed by atoms with E-state index >= 15 is 0 Å². The maximum Gasteiger partial charge on any atom is 0.400 e. The standard InChI is InChI=1S/C15H18ClF3N4O2S/c1-3-23(14(24)10(2)26(25)9-15(17,18)19)12(13(16)20)8-22-11-5-4-6-21-7-11/h4-8,10,20,22H,3,9H2,1-2H3/b12-8+,20-13?. The molecule has 0 bridgehead atoms. The number of rotatable bonds is 8. The van der Waals surface area contributed by atoms with Crippen molar-refractivity contribution in [1.29, 1.82) is 5.41 Å². The Kier molecular flexibility index (Phi) is 8.22. The predicted octanol–water partition coefficient (Wildman–Crippen LogP) is 3.10. The minimum atomic E-state index is -4.64. The summed E-state index contributed by atoms with van der Waals surface area (Å²) in [7, 11) is -2.44. The monoisotopic (exact) mass is 410 g/mol. The van der Waals surface area contributed by atoms with Crippen molar-refractivity contribution in [2.75, 3.05) is 17.6 Å². The van der Waals surface area contributed by atoms with Crippen LogP contribution in [0.3, 0.4) is 0 Å². The van der Waals surface area contributed by atoms with Crippen molar-refractivity contribution in [1.82, 2.24) is 9.88 Å².